The highest BCUT2D eigenvalue weighted by molar-refractivity contribution is 7.90. The number of aromatic nitrogens is 4. The molecule has 1 fully saturated rings. The van der Waals surface area contributed by atoms with Crippen LogP contribution in [-0.4, -0.2) is 58.7 Å². The van der Waals surface area contributed by atoms with E-state index < -0.39 is 10.0 Å². The van der Waals surface area contributed by atoms with Crippen molar-refractivity contribution < 1.29 is 8.42 Å². The van der Waals surface area contributed by atoms with Gasteiger partial charge in [-0.25, -0.2) is 17.8 Å². The zero-order chi connectivity index (χ0) is 17.0. The number of hydrogen-bond acceptors (Lipinski definition) is 6. The van der Waals surface area contributed by atoms with E-state index in [-0.39, 0.29) is 5.25 Å². The fourth-order valence-corrected chi connectivity index (χ4v) is 4.19. The second-order valence-corrected chi connectivity index (χ2v) is 8.18. The molecule has 1 N–H and O–H groups in total. The van der Waals surface area contributed by atoms with E-state index in [9.17, 15) is 8.42 Å². The SMILES string of the molecule is CNS(=O)(=O)C1CCCN(Cc2cn(Cc3cccnc3)nn2)C1. The van der Waals surface area contributed by atoms with Crippen molar-refractivity contribution >= 4 is 10.0 Å². The Morgan fingerprint density at radius 3 is 3.00 bits per heavy atom. The highest BCUT2D eigenvalue weighted by Gasteiger charge is 2.29. The van der Waals surface area contributed by atoms with Gasteiger partial charge in [0.1, 0.15) is 0 Å². The van der Waals surface area contributed by atoms with E-state index in [1.54, 1.807) is 17.1 Å². The lowest BCUT2D eigenvalue weighted by atomic mass is 10.1. The maximum atomic E-state index is 12.0. The van der Waals surface area contributed by atoms with Gasteiger partial charge in [0.25, 0.3) is 0 Å². The molecule has 0 radical (unpaired) electrons. The normalized spacial score (nSPS) is 19.5. The molecule has 1 aliphatic rings. The Labute approximate surface area is 141 Å². The molecule has 0 saturated carbocycles. The highest BCUT2D eigenvalue weighted by Crippen LogP contribution is 2.17. The van der Waals surface area contributed by atoms with Crippen LogP contribution in [0.5, 0.6) is 0 Å². The number of likely N-dealkylation sites (tertiary alicyclic amines) is 1. The van der Waals surface area contributed by atoms with E-state index in [0.29, 0.717) is 26.1 Å². The molecule has 0 spiro atoms. The summed E-state index contributed by atoms with van der Waals surface area (Å²) in [5.74, 6) is 0. The van der Waals surface area contributed by atoms with E-state index in [1.807, 2.05) is 18.3 Å². The molecule has 24 heavy (non-hydrogen) atoms. The predicted molar refractivity (Wildman–Crippen MR) is 89.6 cm³/mol. The second kappa shape index (κ2) is 7.37. The van der Waals surface area contributed by atoms with Gasteiger partial charge in [-0.3, -0.25) is 9.88 Å². The Hall–Kier alpha value is -1.84. The number of hydrogen-bond donors (Lipinski definition) is 1. The molecule has 3 rings (SSSR count). The summed E-state index contributed by atoms with van der Waals surface area (Å²) in [7, 11) is -1.75. The summed E-state index contributed by atoms with van der Waals surface area (Å²) < 4.78 is 28.2. The fraction of sp³-hybridized carbons (Fsp3) is 0.533. The Bertz CT molecular complexity index is 761. The molecule has 0 amide bonds. The van der Waals surface area contributed by atoms with Gasteiger partial charge < -0.3 is 0 Å². The minimum absolute atomic E-state index is 0.360. The van der Waals surface area contributed by atoms with Crippen LogP contribution >= 0.6 is 0 Å². The first kappa shape index (κ1) is 17.0. The van der Waals surface area contributed by atoms with Crippen LogP contribution in [0.2, 0.25) is 0 Å². The van der Waals surface area contributed by atoms with Crippen LogP contribution in [0.25, 0.3) is 0 Å². The van der Waals surface area contributed by atoms with Gasteiger partial charge in [-0.15, -0.1) is 5.10 Å². The summed E-state index contributed by atoms with van der Waals surface area (Å²) in [6.07, 6.45) is 7.02. The third-order valence-electron chi connectivity index (χ3n) is 4.22. The van der Waals surface area contributed by atoms with E-state index in [1.165, 1.54) is 7.05 Å². The monoisotopic (exact) mass is 350 g/mol. The molecule has 0 aromatic carbocycles. The van der Waals surface area contributed by atoms with Gasteiger partial charge >= 0.3 is 0 Å². The summed E-state index contributed by atoms with van der Waals surface area (Å²) in [4.78, 5) is 6.21. The van der Waals surface area contributed by atoms with Crippen molar-refractivity contribution in [2.45, 2.75) is 31.2 Å². The summed E-state index contributed by atoms with van der Waals surface area (Å²) in [5.41, 5.74) is 1.91. The minimum Gasteiger partial charge on any atom is -0.296 e. The lowest BCUT2D eigenvalue weighted by Crippen LogP contribution is -2.45. The van der Waals surface area contributed by atoms with E-state index in [2.05, 4.69) is 24.9 Å². The lowest BCUT2D eigenvalue weighted by molar-refractivity contribution is 0.219. The van der Waals surface area contributed by atoms with E-state index in [4.69, 9.17) is 0 Å². The van der Waals surface area contributed by atoms with Crippen molar-refractivity contribution in [3.8, 4) is 0 Å². The Morgan fingerprint density at radius 2 is 2.25 bits per heavy atom. The molecular formula is C15H22N6O2S. The van der Waals surface area contributed by atoms with Crippen LogP contribution < -0.4 is 4.72 Å². The lowest BCUT2D eigenvalue weighted by Gasteiger charge is -2.31. The molecule has 1 atom stereocenters. The van der Waals surface area contributed by atoms with Crippen LogP contribution in [0, 0.1) is 0 Å². The van der Waals surface area contributed by atoms with Crippen molar-refractivity contribution in [1.29, 1.82) is 0 Å². The van der Waals surface area contributed by atoms with Crippen LogP contribution in [0.4, 0.5) is 0 Å². The average Bonchev–Trinajstić information content (AvgIpc) is 3.03. The third-order valence-corrected chi connectivity index (χ3v) is 6.06. The van der Waals surface area contributed by atoms with Gasteiger partial charge in [0.05, 0.1) is 23.7 Å². The van der Waals surface area contributed by atoms with E-state index in [0.717, 1.165) is 24.2 Å². The number of nitrogens with zero attached hydrogens (tertiary/aromatic N) is 5. The summed E-state index contributed by atoms with van der Waals surface area (Å²) in [5, 5.41) is 7.98. The van der Waals surface area contributed by atoms with Crippen LogP contribution in [-0.2, 0) is 23.1 Å². The first-order valence-electron chi connectivity index (χ1n) is 7.99. The van der Waals surface area contributed by atoms with Crippen molar-refractivity contribution in [2.24, 2.45) is 0 Å². The zero-order valence-corrected chi connectivity index (χ0v) is 14.5. The number of sulfonamides is 1. The Kier molecular flexibility index (Phi) is 5.22. The van der Waals surface area contributed by atoms with Gasteiger partial charge in [0.15, 0.2) is 0 Å². The molecule has 1 unspecified atom stereocenters. The maximum Gasteiger partial charge on any atom is 0.215 e. The van der Waals surface area contributed by atoms with Gasteiger partial charge in [-0.05, 0) is 38.1 Å². The summed E-state index contributed by atoms with van der Waals surface area (Å²) in [6.45, 7) is 2.64. The van der Waals surface area contributed by atoms with Gasteiger partial charge in [-0.2, -0.15) is 0 Å². The quantitative estimate of drug-likeness (QED) is 0.802. The van der Waals surface area contributed by atoms with Gasteiger partial charge in [0, 0.05) is 25.5 Å². The van der Waals surface area contributed by atoms with Crippen LogP contribution in [0.3, 0.4) is 0 Å². The molecule has 8 nitrogen and oxygen atoms in total. The fourth-order valence-electron chi connectivity index (χ4n) is 2.97. The summed E-state index contributed by atoms with van der Waals surface area (Å²) in [6, 6.07) is 3.88. The molecule has 2 aromatic rings. The zero-order valence-electron chi connectivity index (χ0n) is 13.7. The average molecular weight is 350 g/mol. The second-order valence-electron chi connectivity index (χ2n) is 6.02. The van der Waals surface area contributed by atoms with Crippen molar-refractivity contribution in [2.75, 3.05) is 20.1 Å². The van der Waals surface area contributed by atoms with Crippen molar-refractivity contribution in [3.05, 3.63) is 42.0 Å². The number of rotatable bonds is 6. The van der Waals surface area contributed by atoms with Crippen LogP contribution in [0.15, 0.2) is 30.7 Å². The Morgan fingerprint density at radius 1 is 1.38 bits per heavy atom. The van der Waals surface area contributed by atoms with Crippen molar-refractivity contribution in [1.82, 2.24) is 29.6 Å². The highest BCUT2D eigenvalue weighted by atomic mass is 32.2. The topological polar surface area (TPSA) is 93.0 Å². The molecule has 130 valence electrons. The Balaban J connectivity index is 1.60. The number of nitrogens with one attached hydrogen (secondary N) is 1. The van der Waals surface area contributed by atoms with E-state index >= 15 is 0 Å². The third kappa shape index (κ3) is 4.16. The molecule has 9 heteroatoms. The molecule has 1 saturated heterocycles. The first-order chi connectivity index (χ1) is 11.6. The number of piperidine rings is 1. The first-order valence-corrected chi connectivity index (χ1v) is 9.54. The smallest absolute Gasteiger partial charge is 0.215 e. The standard InChI is InChI=1S/C15H22N6O2S/c1-16-24(22,23)15-5-3-7-20(12-15)10-14-11-21(19-18-14)9-13-4-2-6-17-8-13/h2,4,6,8,11,15-16H,3,5,7,9-10,12H2,1H3. The molecule has 0 bridgehead atoms. The maximum absolute atomic E-state index is 12.0. The molecule has 0 aliphatic carbocycles. The van der Waals surface area contributed by atoms with Gasteiger partial charge in [0.2, 0.25) is 10.0 Å². The molecule has 3 heterocycles. The molecular weight excluding hydrogens is 328 g/mol. The molecule has 2 aromatic heterocycles. The largest absolute Gasteiger partial charge is 0.296 e. The van der Waals surface area contributed by atoms with Crippen molar-refractivity contribution in [3.63, 3.8) is 0 Å². The number of pyridine rings is 1. The van der Waals surface area contributed by atoms with Gasteiger partial charge in [-0.1, -0.05) is 11.3 Å². The minimum atomic E-state index is -3.22. The predicted octanol–water partition coefficient (Wildman–Crippen LogP) is 0.235. The summed E-state index contributed by atoms with van der Waals surface area (Å²) >= 11 is 0. The molecule has 1 aliphatic heterocycles. The van der Waals surface area contributed by atoms with Crippen LogP contribution in [0.1, 0.15) is 24.1 Å².